The van der Waals surface area contributed by atoms with E-state index in [1.807, 2.05) is 7.11 Å². The summed E-state index contributed by atoms with van der Waals surface area (Å²) in [6.45, 7) is 7.59. The molecule has 1 aromatic carbocycles. The van der Waals surface area contributed by atoms with E-state index in [1.165, 1.54) is 5.56 Å². The third-order valence-corrected chi connectivity index (χ3v) is 3.38. The summed E-state index contributed by atoms with van der Waals surface area (Å²) < 4.78 is 5.65. The Balaban J connectivity index is 2.57. The van der Waals surface area contributed by atoms with E-state index in [9.17, 15) is 0 Å². The van der Waals surface area contributed by atoms with Crippen LogP contribution in [-0.4, -0.2) is 25.8 Å². The Bertz CT molecular complexity index is 310. The molecule has 0 aliphatic rings. The smallest absolute Gasteiger partial charge is 0.0747 e. The molecule has 1 aromatic rings. The van der Waals surface area contributed by atoms with E-state index in [0.29, 0.717) is 12.0 Å². The Hall–Kier alpha value is -0.860. The third kappa shape index (κ3) is 4.79. The molecule has 0 amide bonds. The molecule has 0 bridgehead atoms. The first-order valence-corrected chi connectivity index (χ1v) is 6.99. The van der Waals surface area contributed by atoms with E-state index in [0.717, 1.165) is 19.4 Å². The minimum absolute atomic E-state index is 0.286. The van der Waals surface area contributed by atoms with Crippen LogP contribution in [0.1, 0.15) is 32.8 Å². The molecule has 0 aliphatic heterocycles. The van der Waals surface area contributed by atoms with Gasteiger partial charge in [0.25, 0.3) is 0 Å². The maximum absolute atomic E-state index is 5.65. The molecule has 0 aliphatic carbocycles. The molecule has 2 atom stereocenters. The standard InChI is InChI=1S/C16H27NO/c1-5-17-15(16(18-4)13(2)3)12-11-14-9-7-6-8-10-14/h6-10,13,15-17H,5,11-12H2,1-4H3. The molecule has 0 saturated heterocycles. The Labute approximate surface area is 112 Å². The average Bonchev–Trinajstić information content (AvgIpc) is 2.37. The number of benzene rings is 1. The lowest BCUT2D eigenvalue weighted by Crippen LogP contribution is -2.44. The SMILES string of the molecule is CCNC(CCc1ccccc1)C(OC)C(C)C. The van der Waals surface area contributed by atoms with Crippen LogP contribution in [-0.2, 0) is 11.2 Å². The van der Waals surface area contributed by atoms with Crippen LogP contribution in [0.2, 0.25) is 0 Å². The van der Waals surface area contributed by atoms with E-state index in [1.54, 1.807) is 0 Å². The van der Waals surface area contributed by atoms with E-state index >= 15 is 0 Å². The van der Waals surface area contributed by atoms with Gasteiger partial charge in [0.1, 0.15) is 0 Å². The van der Waals surface area contributed by atoms with Crippen molar-refractivity contribution in [2.75, 3.05) is 13.7 Å². The molecule has 2 nitrogen and oxygen atoms in total. The Morgan fingerprint density at radius 1 is 1.17 bits per heavy atom. The van der Waals surface area contributed by atoms with Gasteiger partial charge in [-0.2, -0.15) is 0 Å². The van der Waals surface area contributed by atoms with Crippen molar-refractivity contribution in [2.45, 2.75) is 45.8 Å². The van der Waals surface area contributed by atoms with E-state index in [-0.39, 0.29) is 6.10 Å². The monoisotopic (exact) mass is 249 g/mol. The van der Waals surface area contributed by atoms with Crippen LogP contribution in [0.15, 0.2) is 30.3 Å². The number of aryl methyl sites for hydroxylation is 1. The summed E-state index contributed by atoms with van der Waals surface area (Å²) in [5.74, 6) is 0.537. The highest BCUT2D eigenvalue weighted by molar-refractivity contribution is 5.14. The normalized spacial score (nSPS) is 14.7. The van der Waals surface area contributed by atoms with Crippen LogP contribution >= 0.6 is 0 Å². The molecule has 0 fully saturated rings. The molecule has 102 valence electrons. The minimum atomic E-state index is 0.286. The van der Waals surface area contributed by atoms with Crippen molar-refractivity contribution < 1.29 is 4.74 Å². The Kier molecular flexibility index (Phi) is 6.99. The number of ether oxygens (including phenoxy) is 1. The fraction of sp³-hybridized carbons (Fsp3) is 0.625. The number of likely N-dealkylation sites (N-methyl/N-ethyl adjacent to an activating group) is 1. The molecule has 18 heavy (non-hydrogen) atoms. The molecule has 2 heteroatoms. The van der Waals surface area contributed by atoms with Crippen LogP contribution in [0.4, 0.5) is 0 Å². The summed E-state index contributed by atoms with van der Waals surface area (Å²) >= 11 is 0. The topological polar surface area (TPSA) is 21.3 Å². The zero-order valence-electron chi connectivity index (χ0n) is 12.1. The Morgan fingerprint density at radius 2 is 1.83 bits per heavy atom. The number of hydrogen-bond acceptors (Lipinski definition) is 2. The van der Waals surface area contributed by atoms with Gasteiger partial charge in [-0.3, -0.25) is 0 Å². The second-order valence-electron chi connectivity index (χ2n) is 5.13. The largest absolute Gasteiger partial charge is 0.380 e. The van der Waals surface area contributed by atoms with Gasteiger partial charge >= 0.3 is 0 Å². The van der Waals surface area contributed by atoms with Gasteiger partial charge in [-0.15, -0.1) is 0 Å². The maximum atomic E-state index is 5.65. The van der Waals surface area contributed by atoms with Gasteiger partial charge in [0.05, 0.1) is 6.10 Å². The van der Waals surface area contributed by atoms with Gasteiger partial charge in [-0.25, -0.2) is 0 Å². The van der Waals surface area contributed by atoms with Crippen LogP contribution < -0.4 is 5.32 Å². The van der Waals surface area contributed by atoms with Gasteiger partial charge in [-0.05, 0) is 30.9 Å². The lowest BCUT2D eigenvalue weighted by Gasteiger charge is -2.29. The van der Waals surface area contributed by atoms with Crippen molar-refractivity contribution in [1.29, 1.82) is 0 Å². The zero-order valence-corrected chi connectivity index (χ0v) is 12.1. The van der Waals surface area contributed by atoms with Gasteiger partial charge in [0.2, 0.25) is 0 Å². The molecule has 1 rings (SSSR count). The highest BCUT2D eigenvalue weighted by Crippen LogP contribution is 2.15. The lowest BCUT2D eigenvalue weighted by atomic mass is 9.94. The first kappa shape index (κ1) is 15.2. The summed E-state index contributed by atoms with van der Waals surface area (Å²) in [5, 5.41) is 3.56. The first-order valence-electron chi connectivity index (χ1n) is 6.99. The summed E-state index contributed by atoms with van der Waals surface area (Å²) in [7, 11) is 1.82. The fourth-order valence-electron chi connectivity index (χ4n) is 2.51. The second kappa shape index (κ2) is 8.28. The van der Waals surface area contributed by atoms with Crippen LogP contribution in [0.5, 0.6) is 0 Å². The highest BCUT2D eigenvalue weighted by Gasteiger charge is 2.23. The highest BCUT2D eigenvalue weighted by atomic mass is 16.5. The minimum Gasteiger partial charge on any atom is -0.380 e. The second-order valence-corrected chi connectivity index (χ2v) is 5.13. The molecule has 0 aromatic heterocycles. The van der Waals surface area contributed by atoms with Gasteiger partial charge in [-0.1, -0.05) is 51.1 Å². The van der Waals surface area contributed by atoms with E-state index < -0.39 is 0 Å². The summed E-state index contributed by atoms with van der Waals surface area (Å²) in [5.41, 5.74) is 1.40. The predicted molar refractivity (Wildman–Crippen MR) is 77.9 cm³/mol. The fourth-order valence-corrected chi connectivity index (χ4v) is 2.51. The average molecular weight is 249 g/mol. The summed E-state index contributed by atoms with van der Waals surface area (Å²) in [6, 6.07) is 11.1. The quantitative estimate of drug-likeness (QED) is 0.763. The van der Waals surface area contributed by atoms with Crippen LogP contribution in [0.3, 0.4) is 0 Å². The molecule has 2 unspecified atom stereocenters. The molecular formula is C16H27NO. The number of hydrogen-bond donors (Lipinski definition) is 1. The van der Waals surface area contributed by atoms with E-state index in [4.69, 9.17) is 4.74 Å². The summed E-state index contributed by atoms with van der Waals surface area (Å²) in [6.07, 6.45) is 2.51. The van der Waals surface area contributed by atoms with Crippen molar-refractivity contribution >= 4 is 0 Å². The van der Waals surface area contributed by atoms with Gasteiger partial charge < -0.3 is 10.1 Å². The van der Waals surface area contributed by atoms with Crippen molar-refractivity contribution in [2.24, 2.45) is 5.92 Å². The van der Waals surface area contributed by atoms with Crippen molar-refractivity contribution in [3.8, 4) is 0 Å². The van der Waals surface area contributed by atoms with Crippen LogP contribution in [0.25, 0.3) is 0 Å². The lowest BCUT2D eigenvalue weighted by molar-refractivity contribution is 0.0312. The maximum Gasteiger partial charge on any atom is 0.0747 e. The van der Waals surface area contributed by atoms with Gasteiger partial charge in [0, 0.05) is 13.2 Å². The number of methoxy groups -OCH3 is 1. The molecule has 0 heterocycles. The van der Waals surface area contributed by atoms with E-state index in [2.05, 4.69) is 56.4 Å². The van der Waals surface area contributed by atoms with Gasteiger partial charge in [0.15, 0.2) is 0 Å². The van der Waals surface area contributed by atoms with Crippen LogP contribution in [0, 0.1) is 5.92 Å². The van der Waals surface area contributed by atoms with Crippen molar-refractivity contribution in [3.05, 3.63) is 35.9 Å². The third-order valence-electron chi connectivity index (χ3n) is 3.38. The molecule has 1 N–H and O–H groups in total. The molecule has 0 radical (unpaired) electrons. The van der Waals surface area contributed by atoms with Crippen molar-refractivity contribution in [1.82, 2.24) is 5.32 Å². The summed E-state index contributed by atoms with van der Waals surface area (Å²) in [4.78, 5) is 0. The zero-order chi connectivity index (χ0) is 13.4. The predicted octanol–water partition coefficient (Wildman–Crippen LogP) is 3.27. The molecular weight excluding hydrogens is 222 g/mol. The molecule has 0 spiro atoms. The van der Waals surface area contributed by atoms with Crippen molar-refractivity contribution in [3.63, 3.8) is 0 Å². The number of rotatable bonds is 8. The first-order chi connectivity index (χ1) is 8.69. The Morgan fingerprint density at radius 3 is 2.33 bits per heavy atom. The number of nitrogens with one attached hydrogen (secondary N) is 1. The molecule has 0 saturated carbocycles.